The number of hydrogen-bond donors (Lipinski definition) is 1. The molecular weight excluding hydrogens is 242 g/mol. The molecule has 0 fully saturated rings. The summed E-state index contributed by atoms with van der Waals surface area (Å²) < 4.78 is 7.57. The topological polar surface area (TPSA) is 59.6 Å². The van der Waals surface area contributed by atoms with Crippen LogP contribution in [0.1, 0.15) is 18.1 Å². The van der Waals surface area contributed by atoms with Crippen molar-refractivity contribution in [1.29, 1.82) is 0 Å². The van der Waals surface area contributed by atoms with Crippen molar-refractivity contribution < 1.29 is 9.94 Å². The van der Waals surface area contributed by atoms with Gasteiger partial charge in [-0.15, -0.1) is 0 Å². The van der Waals surface area contributed by atoms with Crippen LogP contribution in [0.25, 0.3) is 0 Å². The van der Waals surface area contributed by atoms with Gasteiger partial charge in [-0.2, -0.15) is 5.10 Å². The van der Waals surface area contributed by atoms with Crippen LogP contribution in [0.4, 0.5) is 0 Å². The first-order valence-electron chi connectivity index (χ1n) is 6.10. The molecule has 5 nitrogen and oxygen atoms in total. The molecule has 100 valence electrons. The lowest BCUT2D eigenvalue weighted by Crippen LogP contribution is -2.10. The lowest BCUT2D eigenvalue weighted by molar-refractivity contribution is 0.289. The van der Waals surface area contributed by atoms with Gasteiger partial charge in [-0.05, 0) is 37.6 Å². The fourth-order valence-electron chi connectivity index (χ4n) is 1.78. The normalized spacial score (nSPS) is 11.6. The standard InChI is InChI=1S/C14H17N3O2/c1-11-4-5-13(12(2)16-18)14(10-11)19-9-8-17-7-3-6-15-17/h3-7,10,18H,8-9H2,1-2H3. The molecule has 5 heteroatoms. The van der Waals surface area contributed by atoms with Crippen LogP contribution in [0.15, 0.2) is 41.8 Å². The second-order valence-electron chi connectivity index (χ2n) is 4.30. The molecule has 0 aliphatic heterocycles. The molecule has 0 amide bonds. The Balaban J connectivity index is 2.08. The van der Waals surface area contributed by atoms with E-state index in [9.17, 15) is 0 Å². The molecule has 2 rings (SSSR count). The average Bonchev–Trinajstić information content (AvgIpc) is 2.91. The van der Waals surface area contributed by atoms with E-state index in [-0.39, 0.29) is 0 Å². The highest BCUT2D eigenvalue weighted by atomic mass is 16.5. The van der Waals surface area contributed by atoms with Crippen LogP contribution < -0.4 is 4.74 Å². The van der Waals surface area contributed by atoms with Crippen molar-refractivity contribution in [2.24, 2.45) is 5.16 Å². The Morgan fingerprint density at radius 2 is 2.32 bits per heavy atom. The van der Waals surface area contributed by atoms with E-state index in [1.807, 2.05) is 42.1 Å². The van der Waals surface area contributed by atoms with Crippen LogP contribution in [0.2, 0.25) is 0 Å². The van der Waals surface area contributed by atoms with Crippen LogP contribution in [0.3, 0.4) is 0 Å². The largest absolute Gasteiger partial charge is 0.491 e. The highest BCUT2D eigenvalue weighted by Gasteiger charge is 2.07. The predicted octanol–water partition coefficient (Wildman–Crippen LogP) is 2.47. The van der Waals surface area contributed by atoms with Gasteiger partial charge in [0.25, 0.3) is 0 Å². The second kappa shape index (κ2) is 6.04. The third-order valence-electron chi connectivity index (χ3n) is 2.81. The summed E-state index contributed by atoms with van der Waals surface area (Å²) in [6, 6.07) is 7.67. The van der Waals surface area contributed by atoms with Gasteiger partial charge in [0.2, 0.25) is 0 Å². The predicted molar refractivity (Wildman–Crippen MR) is 72.9 cm³/mol. The molecule has 1 aromatic heterocycles. The summed E-state index contributed by atoms with van der Waals surface area (Å²) in [5.41, 5.74) is 2.44. The number of oxime groups is 1. The quantitative estimate of drug-likeness (QED) is 0.510. The maximum atomic E-state index is 8.88. The Hall–Kier alpha value is -2.30. The SMILES string of the molecule is CC(=NO)c1ccc(C)cc1OCCn1cccn1. The van der Waals surface area contributed by atoms with E-state index < -0.39 is 0 Å². The number of benzene rings is 1. The molecule has 0 atom stereocenters. The summed E-state index contributed by atoms with van der Waals surface area (Å²) in [6.07, 6.45) is 3.63. The highest BCUT2D eigenvalue weighted by Crippen LogP contribution is 2.21. The number of nitrogens with zero attached hydrogens (tertiary/aromatic N) is 3. The third kappa shape index (κ3) is 3.34. The van der Waals surface area contributed by atoms with Crippen LogP contribution >= 0.6 is 0 Å². The van der Waals surface area contributed by atoms with Gasteiger partial charge < -0.3 is 9.94 Å². The van der Waals surface area contributed by atoms with Crippen molar-refractivity contribution >= 4 is 5.71 Å². The van der Waals surface area contributed by atoms with Crippen molar-refractivity contribution in [2.75, 3.05) is 6.61 Å². The van der Waals surface area contributed by atoms with Gasteiger partial charge in [-0.3, -0.25) is 4.68 Å². The van der Waals surface area contributed by atoms with Crippen LogP contribution in [-0.2, 0) is 6.54 Å². The number of hydrogen-bond acceptors (Lipinski definition) is 4. The zero-order chi connectivity index (χ0) is 13.7. The Labute approximate surface area is 112 Å². The average molecular weight is 259 g/mol. The Bertz CT molecular complexity index is 562. The van der Waals surface area contributed by atoms with Gasteiger partial charge in [0.05, 0.1) is 12.3 Å². The molecule has 0 saturated heterocycles. The van der Waals surface area contributed by atoms with E-state index in [4.69, 9.17) is 9.94 Å². The lowest BCUT2D eigenvalue weighted by Gasteiger charge is -2.11. The van der Waals surface area contributed by atoms with Crippen molar-refractivity contribution in [3.8, 4) is 5.75 Å². The number of rotatable bonds is 5. The second-order valence-corrected chi connectivity index (χ2v) is 4.30. The summed E-state index contributed by atoms with van der Waals surface area (Å²) in [5, 5.41) is 16.2. The van der Waals surface area contributed by atoms with Crippen molar-refractivity contribution in [1.82, 2.24) is 9.78 Å². The molecule has 2 aromatic rings. The van der Waals surface area contributed by atoms with E-state index in [1.165, 1.54) is 0 Å². The minimum atomic E-state index is 0.511. The molecule has 1 heterocycles. The summed E-state index contributed by atoms with van der Waals surface area (Å²) >= 11 is 0. The fourth-order valence-corrected chi connectivity index (χ4v) is 1.78. The van der Waals surface area contributed by atoms with Gasteiger partial charge in [0.15, 0.2) is 0 Å². The Morgan fingerprint density at radius 1 is 1.47 bits per heavy atom. The Kier molecular flexibility index (Phi) is 4.18. The molecule has 0 saturated carbocycles. The van der Waals surface area contributed by atoms with E-state index in [2.05, 4.69) is 10.3 Å². The maximum Gasteiger partial charge on any atom is 0.128 e. The molecule has 0 radical (unpaired) electrons. The van der Waals surface area contributed by atoms with Gasteiger partial charge in [-0.25, -0.2) is 0 Å². The van der Waals surface area contributed by atoms with Gasteiger partial charge >= 0.3 is 0 Å². The zero-order valence-corrected chi connectivity index (χ0v) is 11.1. The van der Waals surface area contributed by atoms with Gasteiger partial charge in [-0.1, -0.05) is 11.2 Å². The van der Waals surface area contributed by atoms with Gasteiger partial charge in [0, 0.05) is 18.0 Å². The summed E-state index contributed by atoms with van der Waals surface area (Å²) in [5.74, 6) is 0.724. The molecular formula is C14H17N3O2. The molecule has 0 aliphatic rings. The van der Waals surface area contributed by atoms with Crippen molar-refractivity contribution in [3.05, 3.63) is 47.8 Å². The smallest absolute Gasteiger partial charge is 0.128 e. The lowest BCUT2D eigenvalue weighted by atomic mass is 10.1. The molecule has 1 N–H and O–H groups in total. The van der Waals surface area contributed by atoms with Gasteiger partial charge in [0.1, 0.15) is 12.4 Å². The fraction of sp³-hybridized carbons (Fsp3) is 0.286. The summed E-state index contributed by atoms with van der Waals surface area (Å²) in [7, 11) is 0. The first kappa shape index (κ1) is 13.1. The third-order valence-corrected chi connectivity index (χ3v) is 2.81. The van der Waals surface area contributed by atoms with E-state index >= 15 is 0 Å². The maximum absolute atomic E-state index is 8.88. The molecule has 0 unspecified atom stereocenters. The van der Waals surface area contributed by atoms with Crippen LogP contribution in [-0.4, -0.2) is 27.3 Å². The van der Waals surface area contributed by atoms with Crippen LogP contribution in [0, 0.1) is 6.92 Å². The Morgan fingerprint density at radius 3 is 3.00 bits per heavy atom. The van der Waals surface area contributed by atoms with Crippen molar-refractivity contribution in [3.63, 3.8) is 0 Å². The molecule has 19 heavy (non-hydrogen) atoms. The molecule has 1 aromatic carbocycles. The first-order valence-corrected chi connectivity index (χ1v) is 6.10. The summed E-state index contributed by atoms with van der Waals surface area (Å²) in [4.78, 5) is 0. The minimum Gasteiger partial charge on any atom is -0.491 e. The van der Waals surface area contributed by atoms with Crippen LogP contribution in [0.5, 0.6) is 5.75 Å². The zero-order valence-electron chi connectivity index (χ0n) is 11.1. The molecule has 0 spiro atoms. The number of aryl methyl sites for hydroxylation is 1. The molecule has 0 aliphatic carbocycles. The summed E-state index contributed by atoms with van der Waals surface area (Å²) in [6.45, 7) is 4.92. The number of aromatic nitrogens is 2. The highest BCUT2D eigenvalue weighted by molar-refractivity contribution is 6.00. The van der Waals surface area contributed by atoms with E-state index in [0.29, 0.717) is 18.9 Å². The van der Waals surface area contributed by atoms with E-state index in [1.54, 1.807) is 13.1 Å². The first-order chi connectivity index (χ1) is 9.20. The minimum absolute atomic E-state index is 0.511. The number of ether oxygens (including phenoxy) is 1. The molecule has 0 bridgehead atoms. The van der Waals surface area contributed by atoms with E-state index in [0.717, 1.165) is 16.9 Å². The van der Waals surface area contributed by atoms with Crippen molar-refractivity contribution in [2.45, 2.75) is 20.4 Å². The monoisotopic (exact) mass is 259 g/mol.